The van der Waals surface area contributed by atoms with Gasteiger partial charge in [-0.1, -0.05) is 12.1 Å². The Kier molecular flexibility index (Phi) is 5.44. The van der Waals surface area contributed by atoms with Crippen LogP contribution in [0.4, 0.5) is 0 Å². The van der Waals surface area contributed by atoms with E-state index in [0.29, 0.717) is 12.1 Å². The number of rotatable bonds is 6. The zero-order chi connectivity index (χ0) is 14.5. The summed E-state index contributed by atoms with van der Waals surface area (Å²) >= 11 is 0. The highest BCUT2D eigenvalue weighted by atomic mass is 16.5. The van der Waals surface area contributed by atoms with Crippen molar-refractivity contribution in [3.05, 3.63) is 29.8 Å². The number of nitrogens with one attached hydrogen (secondary N) is 1. The van der Waals surface area contributed by atoms with Gasteiger partial charge in [-0.3, -0.25) is 0 Å². The van der Waals surface area contributed by atoms with Crippen LogP contribution in [-0.2, 0) is 0 Å². The van der Waals surface area contributed by atoms with Crippen molar-refractivity contribution in [1.29, 1.82) is 0 Å². The van der Waals surface area contributed by atoms with Gasteiger partial charge in [0.1, 0.15) is 5.75 Å². The lowest BCUT2D eigenvalue weighted by Crippen LogP contribution is -2.31. The molecule has 0 aliphatic carbocycles. The Bertz CT molecular complexity index is 402. The zero-order valence-electron chi connectivity index (χ0n) is 13.2. The maximum Gasteiger partial charge on any atom is 0.118 e. The fourth-order valence-corrected chi connectivity index (χ4v) is 2.85. The summed E-state index contributed by atoms with van der Waals surface area (Å²) in [5, 5.41) is 3.67. The van der Waals surface area contributed by atoms with E-state index >= 15 is 0 Å². The number of hydrogen-bond acceptors (Lipinski definition) is 3. The second kappa shape index (κ2) is 7.09. The predicted octanol–water partition coefficient (Wildman–Crippen LogP) is 3.08. The van der Waals surface area contributed by atoms with Gasteiger partial charge in [-0.2, -0.15) is 0 Å². The molecule has 2 unspecified atom stereocenters. The molecule has 0 saturated carbocycles. The normalized spacial score (nSPS) is 21.4. The van der Waals surface area contributed by atoms with Crippen molar-refractivity contribution < 1.29 is 4.74 Å². The highest BCUT2D eigenvalue weighted by Gasteiger charge is 2.24. The van der Waals surface area contributed by atoms with Crippen LogP contribution in [0.25, 0.3) is 0 Å². The largest absolute Gasteiger partial charge is 0.497 e. The van der Waals surface area contributed by atoms with Gasteiger partial charge in [-0.15, -0.1) is 0 Å². The molecule has 3 nitrogen and oxygen atoms in total. The van der Waals surface area contributed by atoms with Crippen LogP contribution in [0.2, 0.25) is 0 Å². The summed E-state index contributed by atoms with van der Waals surface area (Å²) in [4.78, 5) is 2.57. The molecular weight excluding hydrogens is 248 g/mol. The summed E-state index contributed by atoms with van der Waals surface area (Å²) in [6, 6.07) is 9.43. The number of benzene rings is 1. The molecule has 3 heteroatoms. The second-order valence-corrected chi connectivity index (χ2v) is 6.15. The lowest BCUT2D eigenvalue weighted by Gasteiger charge is -2.21. The van der Waals surface area contributed by atoms with Crippen LogP contribution >= 0.6 is 0 Å². The number of likely N-dealkylation sites (tertiary alicyclic amines) is 1. The Balaban J connectivity index is 1.78. The smallest absolute Gasteiger partial charge is 0.118 e. The molecule has 1 N–H and O–H groups in total. The van der Waals surface area contributed by atoms with E-state index in [1.165, 1.54) is 25.1 Å². The molecule has 1 aromatic carbocycles. The van der Waals surface area contributed by atoms with E-state index in [1.54, 1.807) is 7.11 Å². The van der Waals surface area contributed by atoms with Crippen molar-refractivity contribution in [2.45, 2.75) is 39.3 Å². The summed E-state index contributed by atoms with van der Waals surface area (Å²) in [7, 11) is 1.71. The Morgan fingerprint density at radius 2 is 1.95 bits per heavy atom. The van der Waals surface area contributed by atoms with E-state index in [2.05, 4.69) is 43.1 Å². The predicted molar refractivity (Wildman–Crippen MR) is 84.2 cm³/mol. The van der Waals surface area contributed by atoms with E-state index in [0.717, 1.165) is 18.2 Å². The molecule has 0 spiro atoms. The van der Waals surface area contributed by atoms with Crippen LogP contribution in [-0.4, -0.2) is 37.7 Å². The van der Waals surface area contributed by atoms with Gasteiger partial charge in [0.25, 0.3) is 0 Å². The fraction of sp³-hybridized carbons (Fsp3) is 0.647. The van der Waals surface area contributed by atoms with Gasteiger partial charge in [0.05, 0.1) is 7.11 Å². The van der Waals surface area contributed by atoms with Crippen LogP contribution in [0.1, 0.15) is 38.8 Å². The fourth-order valence-electron chi connectivity index (χ4n) is 2.85. The quantitative estimate of drug-likeness (QED) is 0.864. The highest BCUT2D eigenvalue weighted by Crippen LogP contribution is 2.20. The van der Waals surface area contributed by atoms with E-state index in [-0.39, 0.29) is 0 Å². The molecule has 1 heterocycles. The maximum atomic E-state index is 5.20. The standard InChI is InChI=1S/C17H28N2O/c1-13(2)19-10-9-15(12-19)11-18-14(3)16-5-7-17(20-4)8-6-16/h5-8,13-15,18H,9-12H2,1-4H3. The molecule has 0 aromatic heterocycles. The molecule has 0 radical (unpaired) electrons. The molecule has 1 aliphatic heterocycles. The molecule has 112 valence electrons. The van der Waals surface area contributed by atoms with Crippen molar-refractivity contribution in [3.8, 4) is 5.75 Å². The van der Waals surface area contributed by atoms with Crippen molar-refractivity contribution in [1.82, 2.24) is 10.2 Å². The number of hydrogen-bond donors (Lipinski definition) is 1. The molecule has 0 bridgehead atoms. The van der Waals surface area contributed by atoms with Crippen molar-refractivity contribution in [2.75, 3.05) is 26.7 Å². The van der Waals surface area contributed by atoms with E-state index in [9.17, 15) is 0 Å². The topological polar surface area (TPSA) is 24.5 Å². The summed E-state index contributed by atoms with van der Waals surface area (Å²) in [5.41, 5.74) is 1.32. The first-order valence-electron chi connectivity index (χ1n) is 7.71. The van der Waals surface area contributed by atoms with Crippen molar-refractivity contribution in [2.24, 2.45) is 5.92 Å². The summed E-state index contributed by atoms with van der Waals surface area (Å²) < 4.78 is 5.20. The molecule has 2 rings (SSSR count). The van der Waals surface area contributed by atoms with Crippen molar-refractivity contribution >= 4 is 0 Å². The zero-order valence-corrected chi connectivity index (χ0v) is 13.2. The van der Waals surface area contributed by atoms with Gasteiger partial charge in [-0.25, -0.2) is 0 Å². The van der Waals surface area contributed by atoms with Gasteiger partial charge in [0, 0.05) is 18.6 Å². The molecular formula is C17H28N2O. The first-order chi connectivity index (χ1) is 9.60. The second-order valence-electron chi connectivity index (χ2n) is 6.15. The molecule has 20 heavy (non-hydrogen) atoms. The summed E-state index contributed by atoms with van der Waals surface area (Å²) in [6.45, 7) is 10.4. The number of nitrogens with zero attached hydrogens (tertiary/aromatic N) is 1. The maximum absolute atomic E-state index is 5.20. The summed E-state index contributed by atoms with van der Waals surface area (Å²) in [6.07, 6.45) is 1.32. The van der Waals surface area contributed by atoms with Gasteiger partial charge in [0.15, 0.2) is 0 Å². The van der Waals surface area contributed by atoms with Gasteiger partial charge in [-0.05, 0) is 63.9 Å². The molecule has 1 saturated heterocycles. The van der Waals surface area contributed by atoms with Crippen LogP contribution in [0, 0.1) is 5.92 Å². The van der Waals surface area contributed by atoms with E-state index in [1.807, 2.05) is 12.1 Å². The van der Waals surface area contributed by atoms with E-state index < -0.39 is 0 Å². The highest BCUT2D eigenvalue weighted by molar-refractivity contribution is 5.28. The number of ether oxygens (including phenoxy) is 1. The lowest BCUT2D eigenvalue weighted by atomic mass is 10.1. The molecule has 1 fully saturated rings. The lowest BCUT2D eigenvalue weighted by molar-refractivity contribution is 0.263. The van der Waals surface area contributed by atoms with Crippen LogP contribution in [0.15, 0.2) is 24.3 Å². The average Bonchev–Trinajstić information content (AvgIpc) is 2.94. The van der Waals surface area contributed by atoms with Gasteiger partial charge < -0.3 is 15.0 Å². The average molecular weight is 276 g/mol. The van der Waals surface area contributed by atoms with Gasteiger partial charge in [0.2, 0.25) is 0 Å². The third-order valence-electron chi connectivity index (χ3n) is 4.38. The van der Waals surface area contributed by atoms with Crippen LogP contribution in [0.3, 0.4) is 0 Å². The van der Waals surface area contributed by atoms with Crippen molar-refractivity contribution in [3.63, 3.8) is 0 Å². The first-order valence-corrected chi connectivity index (χ1v) is 7.71. The summed E-state index contributed by atoms with van der Waals surface area (Å²) in [5.74, 6) is 1.71. The molecule has 0 amide bonds. The Morgan fingerprint density at radius 3 is 2.50 bits per heavy atom. The van der Waals surface area contributed by atoms with Crippen LogP contribution < -0.4 is 10.1 Å². The molecule has 1 aliphatic rings. The number of methoxy groups -OCH3 is 1. The molecule has 1 aromatic rings. The Hall–Kier alpha value is -1.06. The SMILES string of the molecule is COc1ccc(C(C)NCC2CCN(C(C)C)C2)cc1. The van der Waals surface area contributed by atoms with Gasteiger partial charge >= 0.3 is 0 Å². The first kappa shape index (κ1) is 15.3. The molecule has 2 atom stereocenters. The minimum absolute atomic E-state index is 0.397. The monoisotopic (exact) mass is 276 g/mol. The third kappa shape index (κ3) is 3.97. The Morgan fingerprint density at radius 1 is 1.25 bits per heavy atom. The minimum atomic E-state index is 0.397. The minimum Gasteiger partial charge on any atom is -0.497 e. The Labute approximate surface area is 123 Å². The van der Waals surface area contributed by atoms with Crippen LogP contribution in [0.5, 0.6) is 5.75 Å². The third-order valence-corrected chi connectivity index (χ3v) is 4.38. The van der Waals surface area contributed by atoms with E-state index in [4.69, 9.17) is 4.74 Å².